The summed E-state index contributed by atoms with van der Waals surface area (Å²) in [5.41, 5.74) is 1.45. The summed E-state index contributed by atoms with van der Waals surface area (Å²) < 4.78 is 5.77. The summed E-state index contributed by atoms with van der Waals surface area (Å²) in [5, 5.41) is 0. The molecule has 1 aromatic rings. The number of aryl methyl sites for hydroxylation is 1. The number of hydrogen-bond donors (Lipinski definition) is 0. The van der Waals surface area contributed by atoms with Gasteiger partial charge in [-0.3, -0.25) is 0 Å². The Morgan fingerprint density at radius 1 is 0.583 bits per heavy atom. The Bertz CT molecular complexity index is 368. The highest BCUT2D eigenvalue weighted by Gasteiger charge is 1.97. The van der Waals surface area contributed by atoms with Crippen molar-refractivity contribution in [2.24, 2.45) is 0 Å². The zero-order valence-corrected chi connectivity index (χ0v) is 16.3. The van der Waals surface area contributed by atoms with Gasteiger partial charge in [0.25, 0.3) is 0 Å². The summed E-state index contributed by atoms with van der Waals surface area (Å²) in [6.45, 7) is 5.36. The molecule has 0 unspecified atom stereocenters. The lowest BCUT2D eigenvalue weighted by atomic mass is 10.0. The number of unbranched alkanes of at least 4 members (excludes halogenated alkanes) is 11. The molecule has 0 saturated carbocycles. The molecule has 0 aliphatic heterocycles. The Kier molecular flexibility index (Phi) is 13.6. The van der Waals surface area contributed by atoms with E-state index in [4.69, 9.17) is 4.74 Å². The van der Waals surface area contributed by atoms with E-state index < -0.39 is 0 Å². The van der Waals surface area contributed by atoms with Gasteiger partial charge in [-0.1, -0.05) is 96.6 Å². The van der Waals surface area contributed by atoms with Gasteiger partial charge in [0.05, 0.1) is 6.61 Å². The van der Waals surface area contributed by atoms with E-state index >= 15 is 0 Å². The molecule has 0 heterocycles. The maximum absolute atomic E-state index is 5.77. The van der Waals surface area contributed by atoms with Gasteiger partial charge in [0.15, 0.2) is 0 Å². The lowest BCUT2D eigenvalue weighted by Gasteiger charge is -2.07. The normalized spacial score (nSPS) is 10.9. The molecule has 1 nitrogen and oxygen atoms in total. The van der Waals surface area contributed by atoms with Crippen molar-refractivity contribution in [2.45, 2.75) is 104 Å². The summed E-state index contributed by atoms with van der Waals surface area (Å²) in [4.78, 5) is 0. The predicted octanol–water partition coefficient (Wildman–Crippen LogP) is 7.72. The summed E-state index contributed by atoms with van der Waals surface area (Å²) in [6, 6.07) is 8.75. The first-order valence-electron chi connectivity index (χ1n) is 10.6. The van der Waals surface area contributed by atoms with E-state index in [9.17, 15) is 0 Å². The van der Waals surface area contributed by atoms with Crippen LogP contribution in [0.5, 0.6) is 5.75 Å². The third-order valence-corrected chi connectivity index (χ3v) is 4.76. The molecule has 1 rings (SSSR count). The van der Waals surface area contributed by atoms with Crippen LogP contribution in [0.2, 0.25) is 0 Å². The molecule has 0 aromatic heterocycles. The van der Waals surface area contributed by atoms with E-state index in [2.05, 4.69) is 38.1 Å². The molecule has 1 aromatic carbocycles. The molecule has 0 fully saturated rings. The van der Waals surface area contributed by atoms with Gasteiger partial charge in [-0.15, -0.1) is 0 Å². The number of ether oxygens (including phenoxy) is 1. The molecule has 0 aliphatic rings. The lowest BCUT2D eigenvalue weighted by molar-refractivity contribution is 0.306. The first-order valence-corrected chi connectivity index (χ1v) is 10.6. The zero-order valence-electron chi connectivity index (χ0n) is 16.3. The van der Waals surface area contributed by atoms with Gasteiger partial charge >= 0.3 is 0 Å². The van der Waals surface area contributed by atoms with Crippen LogP contribution in [0.4, 0.5) is 0 Å². The molecule has 0 bridgehead atoms. The lowest BCUT2D eigenvalue weighted by Crippen LogP contribution is -1.97. The average Bonchev–Trinajstić information content (AvgIpc) is 2.61. The van der Waals surface area contributed by atoms with Gasteiger partial charge in [-0.05, 0) is 37.0 Å². The van der Waals surface area contributed by atoms with Crippen molar-refractivity contribution in [3.63, 3.8) is 0 Å². The van der Waals surface area contributed by atoms with E-state index in [1.165, 1.54) is 89.0 Å². The summed E-state index contributed by atoms with van der Waals surface area (Å²) in [5.74, 6) is 1.03. The van der Waals surface area contributed by atoms with Crippen molar-refractivity contribution >= 4 is 0 Å². The van der Waals surface area contributed by atoms with Crippen LogP contribution in [0.3, 0.4) is 0 Å². The van der Waals surface area contributed by atoms with Crippen LogP contribution in [0.25, 0.3) is 0 Å². The molecule has 0 saturated heterocycles. The highest BCUT2D eigenvalue weighted by molar-refractivity contribution is 5.27. The van der Waals surface area contributed by atoms with Gasteiger partial charge in [-0.25, -0.2) is 0 Å². The highest BCUT2D eigenvalue weighted by atomic mass is 16.5. The van der Waals surface area contributed by atoms with E-state index in [-0.39, 0.29) is 0 Å². The fourth-order valence-corrected chi connectivity index (χ4v) is 3.11. The monoisotopic (exact) mass is 332 g/mol. The van der Waals surface area contributed by atoms with Crippen molar-refractivity contribution in [2.75, 3.05) is 6.61 Å². The van der Waals surface area contributed by atoms with Crippen molar-refractivity contribution in [1.29, 1.82) is 0 Å². The number of rotatable bonds is 16. The van der Waals surface area contributed by atoms with Gasteiger partial charge in [-0.2, -0.15) is 0 Å². The minimum atomic E-state index is 0.853. The fraction of sp³-hybridized carbons (Fsp3) is 0.739. The number of hydrogen-bond acceptors (Lipinski definition) is 1. The topological polar surface area (TPSA) is 9.23 Å². The Balaban J connectivity index is 1.97. The summed E-state index contributed by atoms with van der Waals surface area (Å²) in [6.07, 6.45) is 19.0. The van der Waals surface area contributed by atoms with Crippen LogP contribution in [0, 0.1) is 0 Å². The third-order valence-electron chi connectivity index (χ3n) is 4.76. The Labute approximate surface area is 151 Å². The SMILES string of the molecule is CCCCCCCCCCCCc1ccc(OCCCCC)cc1. The molecule has 138 valence electrons. The molecule has 0 aliphatic carbocycles. The first kappa shape index (κ1) is 21.1. The molecule has 1 heteroatoms. The molecule has 0 atom stereocenters. The average molecular weight is 333 g/mol. The minimum absolute atomic E-state index is 0.853. The maximum atomic E-state index is 5.77. The Morgan fingerprint density at radius 2 is 1.08 bits per heavy atom. The molecule has 0 radical (unpaired) electrons. The molecule has 24 heavy (non-hydrogen) atoms. The van der Waals surface area contributed by atoms with Crippen LogP contribution in [0.15, 0.2) is 24.3 Å². The van der Waals surface area contributed by atoms with Gasteiger partial charge in [0, 0.05) is 0 Å². The van der Waals surface area contributed by atoms with Crippen molar-refractivity contribution < 1.29 is 4.74 Å². The molecule has 0 spiro atoms. The van der Waals surface area contributed by atoms with Crippen molar-refractivity contribution in [3.8, 4) is 5.75 Å². The van der Waals surface area contributed by atoms with Crippen LogP contribution in [-0.2, 0) is 6.42 Å². The molecular formula is C23H40O. The van der Waals surface area contributed by atoms with Crippen LogP contribution in [-0.4, -0.2) is 6.61 Å². The highest BCUT2D eigenvalue weighted by Crippen LogP contribution is 2.16. The second kappa shape index (κ2) is 15.5. The van der Waals surface area contributed by atoms with Gasteiger partial charge < -0.3 is 4.74 Å². The van der Waals surface area contributed by atoms with E-state index in [1.807, 2.05) is 0 Å². The van der Waals surface area contributed by atoms with Crippen LogP contribution >= 0.6 is 0 Å². The van der Waals surface area contributed by atoms with Crippen molar-refractivity contribution in [1.82, 2.24) is 0 Å². The quantitative estimate of drug-likeness (QED) is 0.281. The van der Waals surface area contributed by atoms with Crippen molar-refractivity contribution in [3.05, 3.63) is 29.8 Å². The van der Waals surface area contributed by atoms with E-state index in [1.54, 1.807) is 0 Å². The van der Waals surface area contributed by atoms with E-state index in [0.717, 1.165) is 18.8 Å². The largest absolute Gasteiger partial charge is 0.494 e. The van der Waals surface area contributed by atoms with Crippen LogP contribution in [0.1, 0.15) is 103 Å². The summed E-state index contributed by atoms with van der Waals surface area (Å²) >= 11 is 0. The molecule has 0 N–H and O–H groups in total. The zero-order chi connectivity index (χ0) is 17.3. The number of benzene rings is 1. The molecular weight excluding hydrogens is 292 g/mol. The van der Waals surface area contributed by atoms with Crippen LogP contribution < -0.4 is 4.74 Å². The Morgan fingerprint density at radius 3 is 1.67 bits per heavy atom. The predicted molar refractivity (Wildman–Crippen MR) is 107 cm³/mol. The van der Waals surface area contributed by atoms with E-state index in [0.29, 0.717) is 0 Å². The second-order valence-corrected chi connectivity index (χ2v) is 7.13. The smallest absolute Gasteiger partial charge is 0.119 e. The first-order chi connectivity index (χ1) is 11.9. The van der Waals surface area contributed by atoms with Gasteiger partial charge in [0.2, 0.25) is 0 Å². The third kappa shape index (κ3) is 11.5. The van der Waals surface area contributed by atoms with Gasteiger partial charge in [0.1, 0.15) is 5.75 Å². The Hall–Kier alpha value is -0.980. The summed E-state index contributed by atoms with van der Waals surface area (Å²) in [7, 11) is 0. The minimum Gasteiger partial charge on any atom is -0.494 e. The fourth-order valence-electron chi connectivity index (χ4n) is 3.11. The second-order valence-electron chi connectivity index (χ2n) is 7.13. The molecule has 0 amide bonds. The maximum Gasteiger partial charge on any atom is 0.119 e. The standard InChI is InChI=1S/C23H40O/c1-3-5-7-8-9-10-11-12-13-14-16-22-17-19-23(20-18-22)24-21-15-6-4-2/h17-20H,3-16,21H2,1-2H3.